The number of aliphatic carboxylic acids is 1. The van der Waals surface area contributed by atoms with Gasteiger partial charge in [-0.2, -0.15) is 0 Å². The molecule has 0 aliphatic carbocycles. The molecule has 1 N–H and O–H groups in total. The number of carboxylic acids is 1. The number of rotatable bonds is 3. The first-order valence-electron chi connectivity index (χ1n) is 6.67. The van der Waals surface area contributed by atoms with Crippen LogP contribution in [0.15, 0.2) is 24.3 Å². The Morgan fingerprint density at radius 1 is 1.26 bits per heavy atom. The van der Waals surface area contributed by atoms with Crippen LogP contribution in [0.2, 0.25) is 0 Å². The van der Waals surface area contributed by atoms with E-state index in [2.05, 4.69) is 0 Å². The molecule has 2 aliphatic heterocycles. The normalized spacial score (nSPS) is 33.1. The zero-order valence-electron chi connectivity index (χ0n) is 11.0. The van der Waals surface area contributed by atoms with E-state index in [9.17, 15) is 9.90 Å². The van der Waals surface area contributed by atoms with E-state index in [0.29, 0.717) is 12.8 Å². The zero-order valence-corrected chi connectivity index (χ0v) is 11.0. The summed E-state index contributed by atoms with van der Waals surface area (Å²) in [6, 6.07) is 7.41. The summed E-state index contributed by atoms with van der Waals surface area (Å²) >= 11 is 0. The molecule has 3 rings (SSSR count). The number of hydrogen-bond acceptors (Lipinski definition) is 3. The SMILES string of the molecule is COc1ccc(C2(C(=O)O)CC3CCC(C2)O3)cc1. The van der Waals surface area contributed by atoms with Gasteiger partial charge in [0.1, 0.15) is 5.75 Å². The van der Waals surface area contributed by atoms with Crippen LogP contribution in [0, 0.1) is 0 Å². The maximum atomic E-state index is 11.9. The largest absolute Gasteiger partial charge is 0.497 e. The van der Waals surface area contributed by atoms with Crippen LogP contribution in [0.5, 0.6) is 5.75 Å². The molecule has 0 amide bonds. The number of hydrogen-bond donors (Lipinski definition) is 1. The zero-order chi connectivity index (χ0) is 13.5. The summed E-state index contributed by atoms with van der Waals surface area (Å²) in [5, 5.41) is 9.75. The van der Waals surface area contributed by atoms with Gasteiger partial charge in [-0.25, -0.2) is 0 Å². The van der Waals surface area contributed by atoms with Crippen molar-refractivity contribution in [3.05, 3.63) is 29.8 Å². The second-order valence-corrected chi connectivity index (χ2v) is 5.48. The topological polar surface area (TPSA) is 55.8 Å². The number of carboxylic acid groups (broad SMARTS) is 1. The molecule has 2 aliphatic rings. The molecule has 102 valence electrons. The fourth-order valence-corrected chi connectivity index (χ4v) is 3.38. The Labute approximate surface area is 112 Å². The van der Waals surface area contributed by atoms with Crippen molar-refractivity contribution in [2.45, 2.75) is 43.3 Å². The fourth-order valence-electron chi connectivity index (χ4n) is 3.38. The highest BCUT2D eigenvalue weighted by Crippen LogP contribution is 2.46. The van der Waals surface area contributed by atoms with Crippen LogP contribution in [0.4, 0.5) is 0 Å². The lowest BCUT2D eigenvalue weighted by molar-refractivity contribution is -0.151. The van der Waals surface area contributed by atoms with Crippen LogP contribution in [-0.2, 0) is 14.9 Å². The van der Waals surface area contributed by atoms with Crippen molar-refractivity contribution >= 4 is 5.97 Å². The van der Waals surface area contributed by atoms with Gasteiger partial charge in [0.25, 0.3) is 0 Å². The molecule has 1 aromatic rings. The van der Waals surface area contributed by atoms with Gasteiger partial charge >= 0.3 is 5.97 Å². The maximum absolute atomic E-state index is 11.9. The monoisotopic (exact) mass is 262 g/mol. The third-order valence-corrected chi connectivity index (χ3v) is 4.40. The molecule has 2 heterocycles. The summed E-state index contributed by atoms with van der Waals surface area (Å²) in [6.45, 7) is 0. The molecule has 2 bridgehead atoms. The standard InChI is InChI=1S/C15H18O4/c1-18-11-4-2-10(3-5-11)15(14(16)17)8-12-6-7-13(9-15)19-12/h2-5,12-13H,6-9H2,1H3,(H,16,17). The van der Waals surface area contributed by atoms with Gasteiger partial charge in [-0.15, -0.1) is 0 Å². The number of carbonyl (C=O) groups is 1. The van der Waals surface area contributed by atoms with Crippen LogP contribution in [0.1, 0.15) is 31.2 Å². The third-order valence-electron chi connectivity index (χ3n) is 4.40. The summed E-state index contributed by atoms with van der Waals surface area (Å²) in [6.07, 6.45) is 3.30. The predicted octanol–water partition coefficient (Wildman–Crippen LogP) is 2.36. The summed E-state index contributed by atoms with van der Waals surface area (Å²) in [5.41, 5.74) is 0.0668. The van der Waals surface area contributed by atoms with Crippen LogP contribution in [0.25, 0.3) is 0 Å². The number of ether oxygens (including phenoxy) is 2. The minimum atomic E-state index is -0.795. The average Bonchev–Trinajstić information content (AvgIpc) is 2.77. The lowest BCUT2D eigenvalue weighted by Gasteiger charge is -2.37. The lowest BCUT2D eigenvalue weighted by Crippen LogP contribution is -2.45. The molecule has 2 atom stereocenters. The summed E-state index contributed by atoms with van der Waals surface area (Å²) < 4.78 is 10.9. The molecular formula is C15H18O4. The first-order chi connectivity index (χ1) is 9.14. The Morgan fingerprint density at radius 2 is 1.84 bits per heavy atom. The number of methoxy groups -OCH3 is 1. The molecule has 0 saturated carbocycles. The summed E-state index contributed by atoms with van der Waals surface area (Å²) in [5.74, 6) is 0.0113. The molecule has 1 aromatic carbocycles. The smallest absolute Gasteiger partial charge is 0.314 e. The molecule has 4 heteroatoms. The van der Waals surface area contributed by atoms with E-state index in [-0.39, 0.29) is 12.2 Å². The quantitative estimate of drug-likeness (QED) is 0.908. The van der Waals surface area contributed by atoms with Crippen molar-refractivity contribution in [1.82, 2.24) is 0 Å². The molecule has 19 heavy (non-hydrogen) atoms. The van der Waals surface area contributed by atoms with Gasteiger partial charge in [-0.3, -0.25) is 4.79 Å². The lowest BCUT2D eigenvalue weighted by atomic mass is 9.72. The number of benzene rings is 1. The minimum Gasteiger partial charge on any atom is -0.497 e. The maximum Gasteiger partial charge on any atom is 0.314 e. The Kier molecular flexibility index (Phi) is 2.97. The van der Waals surface area contributed by atoms with Gasteiger partial charge in [0, 0.05) is 0 Å². The van der Waals surface area contributed by atoms with Gasteiger partial charge in [-0.1, -0.05) is 12.1 Å². The van der Waals surface area contributed by atoms with E-state index in [1.807, 2.05) is 24.3 Å². The molecule has 2 saturated heterocycles. The molecule has 0 radical (unpaired) electrons. The van der Waals surface area contributed by atoms with Crippen LogP contribution >= 0.6 is 0 Å². The van der Waals surface area contributed by atoms with Gasteiger partial charge in [0.2, 0.25) is 0 Å². The highest BCUT2D eigenvalue weighted by molar-refractivity contribution is 5.82. The predicted molar refractivity (Wildman–Crippen MR) is 69.4 cm³/mol. The Morgan fingerprint density at radius 3 is 2.32 bits per heavy atom. The average molecular weight is 262 g/mol. The van der Waals surface area contributed by atoms with Crippen molar-refractivity contribution in [1.29, 1.82) is 0 Å². The minimum absolute atomic E-state index is 0.0944. The molecule has 0 spiro atoms. The van der Waals surface area contributed by atoms with E-state index in [1.165, 1.54) is 0 Å². The molecule has 4 nitrogen and oxygen atoms in total. The second kappa shape index (κ2) is 4.53. The van der Waals surface area contributed by atoms with E-state index in [4.69, 9.17) is 9.47 Å². The van der Waals surface area contributed by atoms with Crippen molar-refractivity contribution < 1.29 is 19.4 Å². The third kappa shape index (κ3) is 2.00. The van der Waals surface area contributed by atoms with Crippen molar-refractivity contribution in [3.63, 3.8) is 0 Å². The van der Waals surface area contributed by atoms with Crippen molar-refractivity contribution in [3.8, 4) is 5.75 Å². The van der Waals surface area contributed by atoms with Crippen molar-refractivity contribution in [2.75, 3.05) is 7.11 Å². The Balaban J connectivity index is 1.98. The Bertz CT molecular complexity index is 467. The van der Waals surface area contributed by atoms with Gasteiger partial charge in [0.05, 0.1) is 24.7 Å². The summed E-state index contributed by atoms with van der Waals surface area (Å²) in [7, 11) is 1.61. The fraction of sp³-hybridized carbons (Fsp3) is 0.533. The second-order valence-electron chi connectivity index (χ2n) is 5.48. The van der Waals surface area contributed by atoms with Crippen LogP contribution in [-0.4, -0.2) is 30.4 Å². The van der Waals surface area contributed by atoms with Crippen LogP contribution < -0.4 is 4.74 Å². The number of fused-ring (bicyclic) bond motifs is 2. The first-order valence-corrected chi connectivity index (χ1v) is 6.67. The van der Waals surface area contributed by atoms with Gasteiger partial charge in [0.15, 0.2) is 0 Å². The van der Waals surface area contributed by atoms with Crippen molar-refractivity contribution in [2.24, 2.45) is 0 Å². The van der Waals surface area contributed by atoms with E-state index < -0.39 is 11.4 Å². The molecular weight excluding hydrogens is 244 g/mol. The summed E-state index contributed by atoms with van der Waals surface area (Å²) in [4.78, 5) is 11.9. The van der Waals surface area contributed by atoms with Crippen LogP contribution in [0.3, 0.4) is 0 Å². The highest BCUT2D eigenvalue weighted by Gasteiger charge is 2.50. The highest BCUT2D eigenvalue weighted by atomic mass is 16.5. The van der Waals surface area contributed by atoms with Gasteiger partial charge < -0.3 is 14.6 Å². The van der Waals surface area contributed by atoms with E-state index in [0.717, 1.165) is 24.2 Å². The first kappa shape index (κ1) is 12.5. The van der Waals surface area contributed by atoms with E-state index in [1.54, 1.807) is 7.11 Å². The molecule has 0 aromatic heterocycles. The molecule has 2 fully saturated rings. The Hall–Kier alpha value is -1.55. The van der Waals surface area contributed by atoms with Gasteiger partial charge in [-0.05, 0) is 43.4 Å². The van der Waals surface area contributed by atoms with E-state index >= 15 is 0 Å². The molecule has 2 unspecified atom stereocenters.